The second kappa shape index (κ2) is 9.17. The summed E-state index contributed by atoms with van der Waals surface area (Å²) in [6.45, 7) is -0.447. The van der Waals surface area contributed by atoms with Crippen molar-refractivity contribution >= 4 is 39.9 Å². The number of aromatic nitrogens is 2. The van der Waals surface area contributed by atoms with Crippen LogP contribution in [0.5, 0.6) is 11.5 Å². The molecule has 10 heteroatoms. The zero-order valence-corrected chi connectivity index (χ0v) is 19.1. The standard InChI is InChI=1S/C23H18Cl2N2O6/c1-31-20-9-15-18(10-21(20)32-2)26(12-19(28)13-5-6-16(24)17(25)8-13)23(30)27(22(15)29)11-14-4-3-7-33-14/h3-10H,11-12H2,1-2H3. The molecule has 2 aromatic heterocycles. The van der Waals surface area contributed by atoms with Gasteiger partial charge in [-0.05, 0) is 36.4 Å². The van der Waals surface area contributed by atoms with Gasteiger partial charge in [-0.25, -0.2) is 4.79 Å². The lowest BCUT2D eigenvalue weighted by Gasteiger charge is -2.16. The summed E-state index contributed by atoms with van der Waals surface area (Å²) >= 11 is 12.0. The summed E-state index contributed by atoms with van der Waals surface area (Å²) < 4.78 is 18.2. The monoisotopic (exact) mass is 488 g/mol. The highest BCUT2D eigenvalue weighted by Crippen LogP contribution is 2.30. The van der Waals surface area contributed by atoms with Gasteiger partial charge in [0.25, 0.3) is 5.56 Å². The maximum Gasteiger partial charge on any atom is 0.332 e. The van der Waals surface area contributed by atoms with Gasteiger partial charge >= 0.3 is 5.69 Å². The van der Waals surface area contributed by atoms with Crippen molar-refractivity contribution in [3.05, 3.63) is 90.9 Å². The van der Waals surface area contributed by atoms with Crippen molar-refractivity contribution in [2.45, 2.75) is 13.1 Å². The van der Waals surface area contributed by atoms with E-state index in [4.69, 9.17) is 37.1 Å². The van der Waals surface area contributed by atoms with Gasteiger partial charge in [-0.2, -0.15) is 0 Å². The van der Waals surface area contributed by atoms with Crippen LogP contribution in [0.3, 0.4) is 0 Å². The Balaban J connectivity index is 1.93. The first kappa shape index (κ1) is 22.7. The molecule has 4 rings (SSSR count). The lowest BCUT2D eigenvalue weighted by atomic mass is 10.1. The van der Waals surface area contributed by atoms with E-state index in [2.05, 4.69) is 0 Å². The average molecular weight is 489 g/mol. The predicted octanol–water partition coefficient (Wildman–Crippen LogP) is 4.01. The smallest absolute Gasteiger partial charge is 0.332 e. The van der Waals surface area contributed by atoms with E-state index in [-0.39, 0.29) is 34.6 Å². The average Bonchev–Trinajstić information content (AvgIpc) is 3.33. The summed E-state index contributed by atoms with van der Waals surface area (Å²) in [5.74, 6) is 0.641. The Kier molecular flexibility index (Phi) is 6.31. The van der Waals surface area contributed by atoms with Crippen LogP contribution in [0.4, 0.5) is 0 Å². The van der Waals surface area contributed by atoms with E-state index in [9.17, 15) is 14.4 Å². The van der Waals surface area contributed by atoms with E-state index in [1.165, 1.54) is 55.4 Å². The van der Waals surface area contributed by atoms with Crippen molar-refractivity contribution < 1.29 is 18.7 Å². The molecule has 0 aliphatic rings. The van der Waals surface area contributed by atoms with E-state index in [0.29, 0.717) is 22.3 Å². The molecule has 0 unspecified atom stereocenters. The van der Waals surface area contributed by atoms with Gasteiger partial charge in [0.2, 0.25) is 0 Å². The quantitative estimate of drug-likeness (QED) is 0.365. The molecule has 0 amide bonds. The Morgan fingerprint density at radius 2 is 1.70 bits per heavy atom. The Morgan fingerprint density at radius 1 is 0.970 bits per heavy atom. The number of fused-ring (bicyclic) bond motifs is 1. The van der Waals surface area contributed by atoms with Crippen LogP contribution in [-0.4, -0.2) is 29.1 Å². The largest absolute Gasteiger partial charge is 0.493 e. The van der Waals surface area contributed by atoms with Crippen LogP contribution in [0.15, 0.2) is 62.7 Å². The molecule has 0 aliphatic heterocycles. The number of furan rings is 1. The third kappa shape index (κ3) is 4.27. The molecular weight excluding hydrogens is 471 g/mol. The number of carbonyl (C=O) groups excluding carboxylic acids is 1. The van der Waals surface area contributed by atoms with E-state index in [1.807, 2.05) is 0 Å². The van der Waals surface area contributed by atoms with Crippen LogP contribution >= 0.6 is 23.2 Å². The van der Waals surface area contributed by atoms with Gasteiger partial charge in [-0.3, -0.25) is 18.7 Å². The highest BCUT2D eigenvalue weighted by Gasteiger charge is 2.20. The number of carbonyl (C=O) groups is 1. The lowest BCUT2D eigenvalue weighted by molar-refractivity contribution is 0.0971. The molecule has 0 saturated heterocycles. The number of nitrogens with zero attached hydrogens (tertiary/aromatic N) is 2. The maximum atomic E-state index is 13.4. The van der Waals surface area contributed by atoms with E-state index in [0.717, 1.165) is 4.57 Å². The SMILES string of the molecule is COc1cc2c(=O)n(Cc3ccco3)c(=O)n(CC(=O)c3ccc(Cl)c(Cl)c3)c2cc1OC. The maximum absolute atomic E-state index is 13.4. The van der Waals surface area contributed by atoms with Crippen molar-refractivity contribution in [2.24, 2.45) is 0 Å². The molecule has 0 radical (unpaired) electrons. The second-order valence-corrected chi connectivity index (χ2v) is 7.93. The second-order valence-electron chi connectivity index (χ2n) is 7.12. The summed E-state index contributed by atoms with van der Waals surface area (Å²) in [5, 5.41) is 0.703. The molecular formula is C23H18Cl2N2O6. The molecule has 4 aromatic rings. The Labute approximate surface area is 197 Å². The molecule has 2 heterocycles. The van der Waals surface area contributed by atoms with Crippen LogP contribution in [0, 0.1) is 0 Å². The molecule has 170 valence electrons. The molecule has 0 N–H and O–H groups in total. The lowest BCUT2D eigenvalue weighted by Crippen LogP contribution is -2.41. The number of ether oxygens (including phenoxy) is 2. The minimum absolute atomic E-state index is 0.101. The Bertz CT molecular complexity index is 1470. The van der Waals surface area contributed by atoms with Crippen LogP contribution in [-0.2, 0) is 13.1 Å². The molecule has 0 saturated carbocycles. The number of methoxy groups -OCH3 is 2. The minimum Gasteiger partial charge on any atom is -0.493 e. The van der Waals surface area contributed by atoms with Gasteiger partial charge in [-0.15, -0.1) is 0 Å². The summed E-state index contributed by atoms with van der Waals surface area (Å²) in [7, 11) is 2.88. The fraction of sp³-hybridized carbons (Fsp3) is 0.174. The van der Waals surface area contributed by atoms with Crippen molar-refractivity contribution in [1.29, 1.82) is 0 Å². The summed E-state index contributed by atoms with van der Waals surface area (Å²) in [4.78, 5) is 39.7. The predicted molar refractivity (Wildman–Crippen MR) is 124 cm³/mol. The summed E-state index contributed by atoms with van der Waals surface area (Å²) in [6.07, 6.45) is 1.45. The molecule has 2 aromatic carbocycles. The summed E-state index contributed by atoms with van der Waals surface area (Å²) in [6, 6.07) is 10.7. The topological polar surface area (TPSA) is 92.7 Å². The fourth-order valence-electron chi connectivity index (χ4n) is 3.50. The fourth-order valence-corrected chi connectivity index (χ4v) is 3.80. The molecule has 0 atom stereocenters. The number of hydrogen-bond acceptors (Lipinski definition) is 6. The molecule has 0 fully saturated rings. The third-order valence-corrected chi connectivity index (χ3v) is 5.91. The van der Waals surface area contributed by atoms with Gasteiger partial charge in [0.1, 0.15) is 5.76 Å². The first-order valence-corrected chi connectivity index (χ1v) is 10.5. The van der Waals surface area contributed by atoms with Crippen molar-refractivity contribution in [3.8, 4) is 11.5 Å². The highest BCUT2D eigenvalue weighted by molar-refractivity contribution is 6.42. The van der Waals surface area contributed by atoms with E-state index < -0.39 is 17.0 Å². The van der Waals surface area contributed by atoms with Gasteiger partial charge in [0, 0.05) is 11.6 Å². The van der Waals surface area contributed by atoms with Gasteiger partial charge in [0.15, 0.2) is 17.3 Å². The van der Waals surface area contributed by atoms with Crippen molar-refractivity contribution in [2.75, 3.05) is 14.2 Å². The number of hydrogen-bond donors (Lipinski definition) is 0. The molecule has 0 aliphatic carbocycles. The van der Waals surface area contributed by atoms with Crippen LogP contribution in [0.25, 0.3) is 10.9 Å². The Hall–Kier alpha value is -3.49. The summed E-state index contributed by atoms with van der Waals surface area (Å²) in [5.41, 5.74) is -0.726. The molecule has 33 heavy (non-hydrogen) atoms. The number of rotatable bonds is 7. The number of Topliss-reactive ketones (excluding diaryl/α,β-unsaturated/α-hetero) is 1. The minimum atomic E-state index is -0.676. The zero-order valence-electron chi connectivity index (χ0n) is 17.6. The van der Waals surface area contributed by atoms with Gasteiger partial charge < -0.3 is 13.9 Å². The zero-order chi connectivity index (χ0) is 23.7. The van der Waals surface area contributed by atoms with Crippen molar-refractivity contribution in [1.82, 2.24) is 9.13 Å². The third-order valence-electron chi connectivity index (χ3n) is 5.17. The van der Waals surface area contributed by atoms with Crippen LogP contribution < -0.4 is 20.7 Å². The number of benzene rings is 2. The first-order chi connectivity index (χ1) is 15.8. The van der Waals surface area contributed by atoms with Crippen LogP contribution in [0.1, 0.15) is 16.1 Å². The van der Waals surface area contributed by atoms with Gasteiger partial charge in [0.05, 0.1) is 54.5 Å². The number of ketones is 1. The molecule has 0 bridgehead atoms. The normalized spacial score (nSPS) is 11.0. The van der Waals surface area contributed by atoms with Crippen molar-refractivity contribution in [3.63, 3.8) is 0 Å². The molecule has 8 nitrogen and oxygen atoms in total. The van der Waals surface area contributed by atoms with E-state index in [1.54, 1.807) is 12.1 Å². The van der Waals surface area contributed by atoms with Crippen LogP contribution in [0.2, 0.25) is 10.0 Å². The number of halogens is 2. The van der Waals surface area contributed by atoms with E-state index >= 15 is 0 Å². The highest BCUT2D eigenvalue weighted by atomic mass is 35.5. The van der Waals surface area contributed by atoms with Gasteiger partial charge in [-0.1, -0.05) is 23.2 Å². The first-order valence-electron chi connectivity index (χ1n) is 9.74. The Morgan fingerprint density at radius 3 is 2.33 bits per heavy atom. The molecule has 0 spiro atoms.